The molecule has 2 N–H and O–H groups in total. The molecule has 1 fully saturated rings. The van der Waals surface area contributed by atoms with Crippen molar-refractivity contribution in [1.29, 1.82) is 0 Å². The summed E-state index contributed by atoms with van der Waals surface area (Å²) in [5.74, 6) is 0. The molecule has 108 valence electrons. The maximum atomic E-state index is 6.26. The van der Waals surface area contributed by atoms with Crippen LogP contribution in [0.3, 0.4) is 0 Å². The van der Waals surface area contributed by atoms with Crippen LogP contribution in [-0.4, -0.2) is 48.6 Å². The molecule has 3 nitrogen and oxygen atoms in total. The van der Waals surface area contributed by atoms with Gasteiger partial charge in [-0.1, -0.05) is 11.6 Å². The lowest BCUT2D eigenvalue weighted by atomic mass is 10.0. The molecule has 1 aliphatic heterocycles. The van der Waals surface area contributed by atoms with E-state index in [2.05, 4.69) is 36.8 Å². The second kappa shape index (κ2) is 6.55. The van der Waals surface area contributed by atoms with Gasteiger partial charge in [0.2, 0.25) is 0 Å². The number of likely N-dealkylation sites (N-methyl/N-ethyl adjacent to an activating group) is 1. The first-order chi connectivity index (χ1) is 8.99. The van der Waals surface area contributed by atoms with Gasteiger partial charge < -0.3 is 10.6 Å². The smallest absolute Gasteiger partial charge is 0.0931 e. The molecular formula is C14H24ClN3S. The molecule has 0 saturated carbocycles. The van der Waals surface area contributed by atoms with Gasteiger partial charge in [-0.15, -0.1) is 11.3 Å². The summed E-state index contributed by atoms with van der Waals surface area (Å²) in [6.07, 6.45) is 1.20. The SMILES string of the molecule is CC(N)C(c1ccc(Cl)s1)N1CCCN(C)CC1C. The summed E-state index contributed by atoms with van der Waals surface area (Å²) in [5, 5.41) is 0. The van der Waals surface area contributed by atoms with Crippen LogP contribution in [-0.2, 0) is 0 Å². The monoisotopic (exact) mass is 301 g/mol. The van der Waals surface area contributed by atoms with Crippen molar-refractivity contribution in [2.24, 2.45) is 5.73 Å². The van der Waals surface area contributed by atoms with E-state index in [1.54, 1.807) is 11.3 Å². The fourth-order valence-electron chi connectivity index (χ4n) is 3.02. The molecule has 1 aromatic rings. The number of nitrogens with zero attached hydrogens (tertiary/aromatic N) is 2. The number of hydrogen-bond acceptors (Lipinski definition) is 4. The first kappa shape index (κ1) is 15.3. The Kier molecular flexibility index (Phi) is 5.26. The number of rotatable bonds is 3. The molecule has 1 aromatic heterocycles. The third-order valence-corrected chi connectivity index (χ3v) is 5.14. The van der Waals surface area contributed by atoms with E-state index < -0.39 is 0 Å². The Morgan fingerprint density at radius 1 is 1.42 bits per heavy atom. The minimum absolute atomic E-state index is 0.112. The van der Waals surface area contributed by atoms with Crippen LogP contribution in [0.5, 0.6) is 0 Å². The Balaban J connectivity index is 2.23. The molecule has 5 heteroatoms. The standard InChI is InChI=1S/C14H24ClN3S/c1-10-9-17(3)7-4-8-18(10)14(11(2)16)12-5-6-13(15)19-12/h5-6,10-11,14H,4,7-9,16H2,1-3H3. The molecule has 2 rings (SSSR count). The molecular weight excluding hydrogens is 278 g/mol. The zero-order chi connectivity index (χ0) is 14.0. The first-order valence-corrected chi connectivity index (χ1v) is 8.13. The second-order valence-corrected chi connectivity index (χ2v) is 7.40. The fraction of sp³-hybridized carbons (Fsp3) is 0.714. The van der Waals surface area contributed by atoms with Crippen LogP contribution < -0.4 is 5.73 Å². The molecule has 0 amide bonds. The van der Waals surface area contributed by atoms with Gasteiger partial charge in [0, 0.05) is 30.1 Å². The van der Waals surface area contributed by atoms with Crippen molar-refractivity contribution in [1.82, 2.24) is 9.80 Å². The minimum atomic E-state index is 0.112. The van der Waals surface area contributed by atoms with Crippen LogP contribution in [0.4, 0.5) is 0 Å². The van der Waals surface area contributed by atoms with E-state index >= 15 is 0 Å². The highest BCUT2D eigenvalue weighted by Crippen LogP contribution is 2.34. The van der Waals surface area contributed by atoms with E-state index in [0.29, 0.717) is 6.04 Å². The third-order valence-electron chi connectivity index (χ3n) is 3.84. The number of thiophene rings is 1. The zero-order valence-electron chi connectivity index (χ0n) is 12.0. The molecule has 3 unspecified atom stereocenters. The van der Waals surface area contributed by atoms with Crippen LogP contribution in [0.15, 0.2) is 12.1 Å². The maximum Gasteiger partial charge on any atom is 0.0931 e. The summed E-state index contributed by atoms with van der Waals surface area (Å²) < 4.78 is 0.847. The Bertz CT molecular complexity index is 407. The van der Waals surface area contributed by atoms with Crippen molar-refractivity contribution in [3.8, 4) is 0 Å². The van der Waals surface area contributed by atoms with Gasteiger partial charge in [0.25, 0.3) is 0 Å². The Morgan fingerprint density at radius 3 is 2.74 bits per heavy atom. The minimum Gasteiger partial charge on any atom is -0.326 e. The largest absolute Gasteiger partial charge is 0.326 e. The molecule has 0 aromatic carbocycles. The van der Waals surface area contributed by atoms with Gasteiger partial charge in [-0.05, 0) is 46.0 Å². The summed E-state index contributed by atoms with van der Waals surface area (Å²) in [4.78, 5) is 6.25. The highest BCUT2D eigenvalue weighted by atomic mass is 35.5. The van der Waals surface area contributed by atoms with Crippen molar-refractivity contribution in [3.05, 3.63) is 21.3 Å². The van der Waals surface area contributed by atoms with Crippen molar-refractivity contribution in [3.63, 3.8) is 0 Å². The van der Waals surface area contributed by atoms with E-state index in [-0.39, 0.29) is 12.1 Å². The average molecular weight is 302 g/mol. The van der Waals surface area contributed by atoms with E-state index in [1.165, 1.54) is 11.3 Å². The molecule has 0 bridgehead atoms. The molecule has 19 heavy (non-hydrogen) atoms. The Hall–Kier alpha value is -0.130. The second-order valence-electron chi connectivity index (χ2n) is 5.65. The molecule has 3 atom stereocenters. The van der Waals surface area contributed by atoms with Crippen molar-refractivity contribution >= 4 is 22.9 Å². The molecule has 0 radical (unpaired) electrons. The predicted molar refractivity (Wildman–Crippen MR) is 84.0 cm³/mol. The summed E-state index contributed by atoms with van der Waals surface area (Å²) in [5.41, 5.74) is 6.26. The summed E-state index contributed by atoms with van der Waals surface area (Å²) in [7, 11) is 2.20. The lowest BCUT2D eigenvalue weighted by Crippen LogP contribution is -2.45. The zero-order valence-corrected chi connectivity index (χ0v) is 13.5. The van der Waals surface area contributed by atoms with Crippen LogP contribution in [0.1, 0.15) is 31.2 Å². The topological polar surface area (TPSA) is 32.5 Å². The normalized spacial score (nSPS) is 26.1. The van der Waals surface area contributed by atoms with Gasteiger partial charge in [0.15, 0.2) is 0 Å². The number of hydrogen-bond donors (Lipinski definition) is 1. The maximum absolute atomic E-state index is 6.26. The first-order valence-electron chi connectivity index (χ1n) is 6.94. The van der Waals surface area contributed by atoms with Gasteiger partial charge in [0.1, 0.15) is 0 Å². The lowest BCUT2D eigenvalue weighted by Gasteiger charge is -2.37. The van der Waals surface area contributed by atoms with E-state index in [1.807, 2.05) is 6.07 Å². The quantitative estimate of drug-likeness (QED) is 0.932. The molecule has 0 aliphatic carbocycles. The van der Waals surface area contributed by atoms with E-state index in [9.17, 15) is 0 Å². The molecule has 1 saturated heterocycles. The molecule has 1 aliphatic rings. The van der Waals surface area contributed by atoms with Crippen molar-refractivity contribution in [2.45, 2.75) is 38.4 Å². The molecule has 2 heterocycles. The number of halogens is 1. The van der Waals surface area contributed by atoms with Crippen LogP contribution >= 0.6 is 22.9 Å². The lowest BCUT2D eigenvalue weighted by molar-refractivity contribution is 0.129. The highest BCUT2D eigenvalue weighted by molar-refractivity contribution is 7.16. The third kappa shape index (κ3) is 3.70. The highest BCUT2D eigenvalue weighted by Gasteiger charge is 2.30. The van der Waals surface area contributed by atoms with Crippen LogP contribution in [0, 0.1) is 0 Å². The van der Waals surface area contributed by atoms with Gasteiger partial charge in [0.05, 0.1) is 10.4 Å². The Labute approximate surface area is 125 Å². The summed E-state index contributed by atoms with van der Waals surface area (Å²) in [6, 6.07) is 5.01. The average Bonchev–Trinajstić information content (AvgIpc) is 2.66. The van der Waals surface area contributed by atoms with Crippen molar-refractivity contribution < 1.29 is 0 Å². The number of nitrogens with two attached hydrogens (primary N) is 1. The summed E-state index contributed by atoms with van der Waals surface area (Å²) in [6.45, 7) is 7.76. The van der Waals surface area contributed by atoms with Gasteiger partial charge in [-0.2, -0.15) is 0 Å². The molecule has 0 spiro atoms. The van der Waals surface area contributed by atoms with Crippen LogP contribution in [0.25, 0.3) is 0 Å². The summed E-state index contributed by atoms with van der Waals surface area (Å²) >= 11 is 7.75. The van der Waals surface area contributed by atoms with Crippen LogP contribution in [0.2, 0.25) is 4.34 Å². The van der Waals surface area contributed by atoms with E-state index in [4.69, 9.17) is 17.3 Å². The fourth-order valence-corrected chi connectivity index (χ4v) is 4.31. The van der Waals surface area contributed by atoms with Gasteiger partial charge in [-0.25, -0.2) is 0 Å². The van der Waals surface area contributed by atoms with Gasteiger partial charge >= 0.3 is 0 Å². The van der Waals surface area contributed by atoms with Gasteiger partial charge in [-0.3, -0.25) is 4.90 Å². The Morgan fingerprint density at radius 2 is 2.16 bits per heavy atom. The van der Waals surface area contributed by atoms with Crippen molar-refractivity contribution in [2.75, 3.05) is 26.7 Å². The van der Waals surface area contributed by atoms with E-state index in [0.717, 1.165) is 24.0 Å². The predicted octanol–water partition coefficient (Wildman–Crippen LogP) is 2.82.